The van der Waals surface area contributed by atoms with Crippen molar-refractivity contribution in [3.8, 4) is 11.3 Å². The van der Waals surface area contributed by atoms with Crippen molar-refractivity contribution in [2.45, 2.75) is 0 Å². The molecule has 0 N–H and O–H groups in total. The number of carbonyl (C=O) groups excluding carboxylic acids is 1. The van der Waals surface area contributed by atoms with Crippen LogP contribution in [0.1, 0.15) is 10.4 Å². The Morgan fingerprint density at radius 1 is 1.28 bits per heavy atom. The number of halogens is 1. The highest BCUT2D eigenvalue weighted by atomic mass is 35.5. The van der Waals surface area contributed by atoms with Crippen LogP contribution in [0.5, 0.6) is 0 Å². The number of benzene rings is 1. The van der Waals surface area contributed by atoms with Crippen molar-refractivity contribution in [1.29, 1.82) is 0 Å². The number of nitro groups is 1. The van der Waals surface area contributed by atoms with Gasteiger partial charge in [0.15, 0.2) is 0 Å². The maximum Gasteiger partial charge on any atom is 0.296 e. The predicted molar refractivity (Wildman–Crippen MR) is 66.5 cm³/mol. The van der Waals surface area contributed by atoms with Gasteiger partial charge in [-0.1, -0.05) is 30.3 Å². The van der Waals surface area contributed by atoms with E-state index in [1.807, 2.05) is 0 Å². The number of aromatic nitrogens is 1. The van der Waals surface area contributed by atoms with Crippen molar-refractivity contribution in [1.82, 2.24) is 4.98 Å². The Hall–Kier alpha value is -2.27. The van der Waals surface area contributed by atoms with Gasteiger partial charge in [0.2, 0.25) is 0 Å². The van der Waals surface area contributed by atoms with E-state index in [9.17, 15) is 14.9 Å². The van der Waals surface area contributed by atoms with Crippen LogP contribution in [0.3, 0.4) is 0 Å². The highest BCUT2D eigenvalue weighted by molar-refractivity contribution is 6.67. The summed E-state index contributed by atoms with van der Waals surface area (Å²) in [5.74, 6) is 0. The van der Waals surface area contributed by atoms with Crippen molar-refractivity contribution in [2.75, 3.05) is 0 Å². The fourth-order valence-electron chi connectivity index (χ4n) is 1.52. The van der Waals surface area contributed by atoms with E-state index in [1.54, 1.807) is 30.3 Å². The standard InChI is InChI=1S/C12H7ClN2O3/c13-12(16)9-6-10(15(17)18)11(14-7-9)8-4-2-1-3-5-8/h1-7H. The molecule has 2 rings (SSSR count). The van der Waals surface area contributed by atoms with Gasteiger partial charge in [0, 0.05) is 17.8 Å². The van der Waals surface area contributed by atoms with E-state index in [1.165, 1.54) is 6.20 Å². The maximum atomic E-state index is 11.0. The number of pyridine rings is 1. The summed E-state index contributed by atoms with van der Waals surface area (Å²) >= 11 is 5.28. The van der Waals surface area contributed by atoms with Gasteiger partial charge in [0.25, 0.3) is 10.9 Å². The van der Waals surface area contributed by atoms with Crippen LogP contribution in [0, 0.1) is 10.1 Å². The van der Waals surface area contributed by atoms with Crippen LogP contribution in [0.15, 0.2) is 42.6 Å². The minimum Gasteiger partial charge on any atom is -0.276 e. The Labute approximate surface area is 107 Å². The molecule has 0 radical (unpaired) electrons. The first-order chi connectivity index (χ1) is 8.59. The molecular formula is C12H7ClN2O3. The van der Waals surface area contributed by atoms with E-state index in [-0.39, 0.29) is 16.9 Å². The van der Waals surface area contributed by atoms with Gasteiger partial charge in [-0.25, -0.2) is 4.98 Å². The Morgan fingerprint density at radius 2 is 1.94 bits per heavy atom. The summed E-state index contributed by atoms with van der Waals surface area (Å²) in [4.78, 5) is 25.3. The molecule has 0 unspecified atom stereocenters. The topological polar surface area (TPSA) is 73.1 Å². The molecule has 6 heteroatoms. The fourth-order valence-corrected chi connectivity index (χ4v) is 1.62. The fraction of sp³-hybridized carbons (Fsp3) is 0. The Morgan fingerprint density at radius 3 is 2.50 bits per heavy atom. The number of rotatable bonds is 3. The van der Waals surface area contributed by atoms with E-state index in [0.29, 0.717) is 5.56 Å². The van der Waals surface area contributed by atoms with E-state index in [4.69, 9.17) is 11.6 Å². The maximum absolute atomic E-state index is 11.0. The van der Waals surface area contributed by atoms with Gasteiger partial charge in [-0.05, 0) is 11.6 Å². The van der Waals surface area contributed by atoms with Crippen molar-refractivity contribution in [2.24, 2.45) is 0 Å². The van der Waals surface area contributed by atoms with E-state index >= 15 is 0 Å². The van der Waals surface area contributed by atoms with E-state index in [2.05, 4.69) is 4.98 Å². The summed E-state index contributed by atoms with van der Waals surface area (Å²) < 4.78 is 0. The average Bonchev–Trinajstić information content (AvgIpc) is 2.39. The molecule has 0 bridgehead atoms. The van der Waals surface area contributed by atoms with E-state index in [0.717, 1.165) is 6.07 Å². The van der Waals surface area contributed by atoms with Gasteiger partial charge in [-0.15, -0.1) is 0 Å². The summed E-state index contributed by atoms with van der Waals surface area (Å²) in [6.45, 7) is 0. The molecule has 1 aromatic carbocycles. The first-order valence-electron chi connectivity index (χ1n) is 4.99. The van der Waals surface area contributed by atoms with Crippen LogP contribution in [0.25, 0.3) is 11.3 Å². The Bertz CT molecular complexity index is 614. The molecule has 2 aromatic rings. The third-order valence-electron chi connectivity index (χ3n) is 2.34. The zero-order valence-electron chi connectivity index (χ0n) is 9.04. The quantitative estimate of drug-likeness (QED) is 0.484. The van der Waals surface area contributed by atoms with Crippen LogP contribution in [0.4, 0.5) is 5.69 Å². The molecule has 0 aliphatic carbocycles. The Balaban J connectivity index is 2.61. The SMILES string of the molecule is O=C(Cl)c1cnc(-c2ccccc2)c([N+](=O)[O-])c1. The van der Waals surface area contributed by atoms with Crippen LogP contribution in [-0.4, -0.2) is 15.1 Å². The largest absolute Gasteiger partial charge is 0.296 e. The van der Waals surface area contributed by atoms with Crippen molar-refractivity contribution in [3.63, 3.8) is 0 Å². The summed E-state index contributed by atoms with van der Waals surface area (Å²) in [5.41, 5.74) is 0.579. The molecule has 0 saturated heterocycles. The summed E-state index contributed by atoms with van der Waals surface area (Å²) in [6.07, 6.45) is 1.23. The molecule has 5 nitrogen and oxygen atoms in total. The lowest BCUT2D eigenvalue weighted by molar-refractivity contribution is -0.384. The summed E-state index contributed by atoms with van der Waals surface area (Å²) in [6, 6.07) is 9.84. The second kappa shape index (κ2) is 4.93. The van der Waals surface area contributed by atoms with Crippen LogP contribution in [-0.2, 0) is 0 Å². The molecule has 0 fully saturated rings. The normalized spacial score (nSPS) is 10.1. The monoisotopic (exact) mass is 262 g/mol. The molecule has 0 aliphatic rings. The molecule has 90 valence electrons. The molecular weight excluding hydrogens is 256 g/mol. The van der Waals surface area contributed by atoms with Gasteiger partial charge in [0.05, 0.1) is 10.5 Å². The third kappa shape index (κ3) is 2.36. The average molecular weight is 263 g/mol. The van der Waals surface area contributed by atoms with Crippen molar-refractivity contribution >= 4 is 22.5 Å². The van der Waals surface area contributed by atoms with E-state index < -0.39 is 10.2 Å². The van der Waals surface area contributed by atoms with Crippen molar-refractivity contribution in [3.05, 3.63) is 58.3 Å². The lowest BCUT2D eigenvalue weighted by atomic mass is 10.1. The van der Waals surface area contributed by atoms with Crippen LogP contribution < -0.4 is 0 Å². The smallest absolute Gasteiger partial charge is 0.276 e. The first-order valence-corrected chi connectivity index (χ1v) is 5.37. The lowest BCUT2D eigenvalue weighted by Gasteiger charge is -2.03. The number of hydrogen-bond donors (Lipinski definition) is 0. The molecule has 18 heavy (non-hydrogen) atoms. The third-order valence-corrected chi connectivity index (χ3v) is 2.56. The highest BCUT2D eigenvalue weighted by Crippen LogP contribution is 2.28. The lowest BCUT2D eigenvalue weighted by Crippen LogP contribution is -1.99. The molecule has 1 aromatic heterocycles. The van der Waals surface area contributed by atoms with Gasteiger partial charge in [0.1, 0.15) is 5.69 Å². The number of nitrogens with zero attached hydrogens (tertiary/aromatic N) is 2. The van der Waals surface area contributed by atoms with Crippen molar-refractivity contribution < 1.29 is 9.72 Å². The minimum atomic E-state index is -0.773. The molecule has 0 spiro atoms. The first kappa shape index (κ1) is 12.2. The molecule has 0 amide bonds. The molecule has 0 saturated carbocycles. The summed E-state index contributed by atoms with van der Waals surface area (Å²) in [5, 5.41) is 10.2. The second-order valence-corrected chi connectivity index (χ2v) is 3.83. The van der Waals surface area contributed by atoms with Gasteiger partial charge >= 0.3 is 0 Å². The van der Waals surface area contributed by atoms with Crippen LogP contribution in [0.2, 0.25) is 0 Å². The predicted octanol–water partition coefficient (Wildman–Crippen LogP) is 3.04. The van der Waals surface area contributed by atoms with Crippen LogP contribution >= 0.6 is 11.6 Å². The number of carbonyl (C=O) groups is 1. The number of hydrogen-bond acceptors (Lipinski definition) is 4. The molecule has 1 heterocycles. The zero-order valence-corrected chi connectivity index (χ0v) is 9.79. The Kier molecular flexibility index (Phi) is 3.34. The summed E-state index contributed by atoms with van der Waals surface area (Å²) in [7, 11) is 0. The van der Waals surface area contributed by atoms with Gasteiger partial charge < -0.3 is 0 Å². The van der Waals surface area contributed by atoms with Gasteiger partial charge in [-0.2, -0.15) is 0 Å². The zero-order chi connectivity index (χ0) is 13.1. The second-order valence-electron chi connectivity index (χ2n) is 3.49. The molecule has 0 aliphatic heterocycles. The molecule has 0 atom stereocenters. The van der Waals surface area contributed by atoms with Gasteiger partial charge in [-0.3, -0.25) is 14.9 Å². The minimum absolute atomic E-state index is 0.00282. The highest BCUT2D eigenvalue weighted by Gasteiger charge is 2.19.